The molecule has 6 heteroatoms. The fourth-order valence-electron chi connectivity index (χ4n) is 2.24. The van der Waals surface area contributed by atoms with Crippen LogP contribution in [0, 0.1) is 0 Å². The smallest absolute Gasteiger partial charge is 0.237 e. The fraction of sp³-hybridized carbons (Fsp3) is 0.300. The monoisotopic (exact) mass is 388 g/mol. The fourth-order valence-corrected chi connectivity index (χ4v) is 3.80. The van der Waals surface area contributed by atoms with E-state index in [9.17, 15) is 4.79 Å². The van der Waals surface area contributed by atoms with Crippen molar-refractivity contribution in [2.24, 2.45) is 0 Å². The first-order chi connectivity index (χ1) is 12.5. The standard InChI is InChI=1S/C20H24N2O2S2/c1-4-22(5-2)20(25)26-15(3)19(23)21-16-11-13-18(14-12-16)24-17-9-7-6-8-10-17/h6-15H,4-5H2,1-3H3,(H,21,23). The Morgan fingerprint density at radius 3 is 2.23 bits per heavy atom. The number of hydrogen-bond acceptors (Lipinski definition) is 4. The van der Waals surface area contributed by atoms with Gasteiger partial charge >= 0.3 is 0 Å². The average molecular weight is 389 g/mol. The van der Waals surface area contributed by atoms with Crippen LogP contribution in [-0.2, 0) is 4.79 Å². The minimum atomic E-state index is -0.261. The molecule has 0 saturated carbocycles. The van der Waals surface area contributed by atoms with E-state index in [2.05, 4.69) is 24.1 Å². The van der Waals surface area contributed by atoms with E-state index in [0.717, 1.165) is 34.6 Å². The van der Waals surface area contributed by atoms with E-state index in [1.807, 2.05) is 61.5 Å². The summed E-state index contributed by atoms with van der Waals surface area (Å²) in [6.45, 7) is 7.67. The van der Waals surface area contributed by atoms with Gasteiger partial charge in [-0.1, -0.05) is 42.2 Å². The lowest BCUT2D eigenvalue weighted by Crippen LogP contribution is -2.31. The lowest BCUT2D eigenvalue weighted by Gasteiger charge is -2.22. The maximum Gasteiger partial charge on any atom is 0.237 e. The van der Waals surface area contributed by atoms with E-state index in [4.69, 9.17) is 17.0 Å². The molecule has 138 valence electrons. The number of rotatable bonds is 7. The second-order valence-electron chi connectivity index (χ2n) is 5.63. The lowest BCUT2D eigenvalue weighted by atomic mass is 10.3. The topological polar surface area (TPSA) is 41.6 Å². The number of para-hydroxylation sites is 1. The molecule has 0 aromatic heterocycles. The van der Waals surface area contributed by atoms with Gasteiger partial charge in [-0.15, -0.1) is 0 Å². The van der Waals surface area contributed by atoms with Crippen molar-refractivity contribution in [3.05, 3.63) is 54.6 Å². The molecule has 1 unspecified atom stereocenters. The van der Waals surface area contributed by atoms with Crippen molar-refractivity contribution < 1.29 is 9.53 Å². The van der Waals surface area contributed by atoms with E-state index in [0.29, 0.717) is 0 Å². The molecule has 2 aromatic carbocycles. The number of thioether (sulfide) groups is 1. The van der Waals surface area contributed by atoms with Crippen molar-refractivity contribution in [2.45, 2.75) is 26.0 Å². The van der Waals surface area contributed by atoms with Crippen LogP contribution < -0.4 is 10.1 Å². The summed E-state index contributed by atoms with van der Waals surface area (Å²) in [6.07, 6.45) is 0. The van der Waals surface area contributed by atoms with Crippen LogP contribution >= 0.6 is 24.0 Å². The highest BCUT2D eigenvalue weighted by Gasteiger charge is 2.18. The first-order valence-corrected chi connectivity index (χ1v) is 9.91. The zero-order chi connectivity index (χ0) is 18.9. The van der Waals surface area contributed by atoms with Crippen molar-refractivity contribution in [2.75, 3.05) is 18.4 Å². The summed E-state index contributed by atoms with van der Waals surface area (Å²) in [7, 11) is 0. The van der Waals surface area contributed by atoms with Crippen LogP contribution in [0.2, 0.25) is 0 Å². The molecule has 0 aliphatic heterocycles. The molecule has 4 nitrogen and oxygen atoms in total. The Morgan fingerprint density at radius 1 is 1.08 bits per heavy atom. The molecule has 0 aliphatic rings. The minimum Gasteiger partial charge on any atom is -0.457 e. The molecule has 0 spiro atoms. The third kappa shape index (κ3) is 6.04. The molecule has 2 rings (SSSR count). The molecule has 1 amide bonds. The van der Waals surface area contributed by atoms with Gasteiger partial charge in [0.25, 0.3) is 0 Å². The largest absolute Gasteiger partial charge is 0.457 e. The molecule has 0 fully saturated rings. The van der Waals surface area contributed by atoms with Crippen molar-refractivity contribution in [1.29, 1.82) is 0 Å². The molecule has 26 heavy (non-hydrogen) atoms. The normalized spacial score (nSPS) is 11.5. The summed E-state index contributed by atoms with van der Waals surface area (Å²) in [5, 5.41) is 2.66. The second kappa shape index (κ2) is 10.2. The van der Waals surface area contributed by atoms with Crippen molar-refractivity contribution in [3.8, 4) is 11.5 Å². The molecule has 0 aliphatic carbocycles. The highest BCUT2D eigenvalue weighted by molar-refractivity contribution is 8.23. The summed E-state index contributed by atoms with van der Waals surface area (Å²) < 4.78 is 6.50. The predicted molar refractivity (Wildman–Crippen MR) is 114 cm³/mol. The van der Waals surface area contributed by atoms with E-state index in [1.54, 1.807) is 0 Å². The Kier molecular flexibility index (Phi) is 7.94. The molecule has 0 heterocycles. The molecular weight excluding hydrogens is 364 g/mol. The Balaban J connectivity index is 1.89. The number of benzene rings is 2. The zero-order valence-corrected chi connectivity index (χ0v) is 16.9. The third-order valence-electron chi connectivity index (χ3n) is 3.77. The van der Waals surface area contributed by atoms with Crippen molar-refractivity contribution in [1.82, 2.24) is 4.90 Å². The van der Waals surface area contributed by atoms with Gasteiger partial charge in [0.1, 0.15) is 15.8 Å². The first kappa shape index (κ1) is 20.3. The average Bonchev–Trinajstić information content (AvgIpc) is 2.65. The van der Waals surface area contributed by atoms with Gasteiger partial charge in [-0.25, -0.2) is 0 Å². The minimum absolute atomic E-state index is 0.0683. The molecule has 2 aromatic rings. The summed E-state index contributed by atoms with van der Waals surface area (Å²) >= 11 is 6.82. The van der Waals surface area contributed by atoms with Gasteiger partial charge in [-0.2, -0.15) is 0 Å². The number of ether oxygens (including phenoxy) is 1. The van der Waals surface area contributed by atoms with E-state index >= 15 is 0 Å². The predicted octanol–water partition coefficient (Wildman–Crippen LogP) is 5.17. The number of thiocarbonyl (C=S) groups is 1. The Labute approximate surface area is 164 Å². The number of carbonyl (C=O) groups excluding carboxylic acids is 1. The number of amides is 1. The molecule has 1 N–H and O–H groups in total. The molecule has 1 atom stereocenters. The van der Waals surface area contributed by atoms with Gasteiger partial charge in [-0.05, 0) is 57.2 Å². The van der Waals surface area contributed by atoms with Gasteiger partial charge in [0, 0.05) is 18.8 Å². The highest BCUT2D eigenvalue weighted by Crippen LogP contribution is 2.23. The van der Waals surface area contributed by atoms with Crippen LogP contribution in [0.5, 0.6) is 11.5 Å². The van der Waals surface area contributed by atoms with Gasteiger partial charge in [-0.3, -0.25) is 4.79 Å². The van der Waals surface area contributed by atoms with Crippen molar-refractivity contribution >= 4 is 39.9 Å². The van der Waals surface area contributed by atoms with E-state index < -0.39 is 0 Å². The number of nitrogens with zero attached hydrogens (tertiary/aromatic N) is 1. The summed E-state index contributed by atoms with van der Waals surface area (Å²) in [4.78, 5) is 14.5. The Hall–Kier alpha value is -2.05. The molecule has 0 bridgehead atoms. The number of nitrogens with one attached hydrogen (secondary N) is 1. The van der Waals surface area contributed by atoms with E-state index in [1.165, 1.54) is 11.8 Å². The number of anilines is 1. The van der Waals surface area contributed by atoms with Crippen molar-refractivity contribution in [3.63, 3.8) is 0 Å². The van der Waals surface area contributed by atoms with Gasteiger partial charge in [0.05, 0.1) is 5.25 Å². The van der Waals surface area contributed by atoms with Crippen LogP contribution in [0.15, 0.2) is 54.6 Å². The number of hydrogen-bond donors (Lipinski definition) is 1. The Morgan fingerprint density at radius 2 is 1.65 bits per heavy atom. The highest BCUT2D eigenvalue weighted by atomic mass is 32.2. The van der Waals surface area contributed by atoms with Crippen LogP contribution in [-0.4, -0.2) is 33.5 Å². The summed E-state index contributed by atoms with van der Waals surface area (Å²) in [6, 6.07) is 16.9. The summed E-state index contributed by atoms with van der Waals surface area (Å²) in [5.41, 5.74) is 0.733. The van der Waals surface area contributed by atoms with Gasteiger partial charge < -0.3 is 15.0 Å². The summed E-state index contributed by atoms with van der Waals surface area (Å²) in [5.74, 6) is 1.43. The van der Waals surface area contributed by atoms with Crippen LogP contribution in [0.25, 0.3) is 0 Å². The third-order valence-corrected chi connectivity index (χ3v) is 5.34. The molecule has 0 saturated heterocycles. The van der Waals surface area contributed by atoms with Gasteiger partial charge in [0.2, 0.25) is 5.91 Å². The van der Waals surface area contributed by atoms with Crippen LogP contribution in [0.1, 0.15) is 20.8 Å². The molecule has 0 radical (unpaired) electrons. The quantitative estimate of drug-likeness (QED) is 0.663. The zero-order valence-electron chi connectivity index (χ0n) is 15.3. The second-order valence-corrected chi connectivity index (χ2v) is 7.60. The SMILES string of the molecule is CCN(CC)C(=S)SC(C)C(=O)Nc1ccc(Oc2ccccc2)cc1. The van der Waals surface area contributed by atoms with Crippen LogP contribution in [0.4, 0.5) is 5.69 Å². The van der Waals surface area contributed by atoms with Crippen LogP contribution in [0.3, 0.4) is 0 Å². The first-order valence-electron chi connectivity index (χ1n) is 8.62. The maximum absolute atomic E-state index is 12.4. The molecular formula is C20H24N2O2S2. The maximum atomic E-state index is 12.4. The lowest BCUT2D eigenvalue weighted by molar-refractivity contribution is -0.115. The Bertz CT molecular complexity index is 716. The van der Waals surface area contributed by atoms with E-state index in [-0.39, 0.29) is 11.2 Å². The van der Waals surface area contributed by atoms with Gasteiger partial charge in [0.15, 0.2) is 0 Å². The number of carbonyl (C=O) groups is 1.